The van der Waals surface area contributed by atoms with E-state index in [1.807, 2.05) is 24.3 Å². The van der Waals surface area contributed by atoms with Crippen molar-refractivity contribution in [1.29, 1.82) is 0 Å². The molecular formula is C22H18ClN5O4. The molecule has 2 aliphatic rings. The molecule has 32 heavy (non-hydrogen) atoms. The molecular weight excluding hydrogens is 434 g/mol. The Morgan fingerprint density at radius 1 is 0.969 bits per heavy atom. The van der Waals surface area contributed by atoms with E-state index in [0.29, 0.717) is 34.5 Å². The van der Waals surface area contributed by atoms with Gasteiger partial charge >= 0.3 is 0 Å². The Balaban J connectivity index is 1.26. The number of aliphatic hydroxyl groups is 1. The summed E-state index contributed by atoms with van der Waals surface area (Å²) in [6.45, 7) is 0.563. The third-order valence-corrected chi connectivity index (χ3v) is 5.99. The van der Waals surface area contributed by atoms with Gasteiger partial charge in [0, 0.05) is 23.5 Å². The number of nitrogens with one attached hydrogen (secondary N) is 1. The third-order valence-electron chi connectivity index (χ3n) is 5.70. The summed E-state index contributed by atoms with van der Waals surface area (Å²) in [5.74, 6) is 0. The zero-order chi connectivity index (χ0) is 21.7. The van der Waals surface area contributed by atoms with Crippen LogP contribution in [-0.4, -0.2) is 67.7 Å². The molecule has 2 N–H and O–H groups in total. The molecule has 1 aromatic carbocycles. The Kier molecular flexibility index (Phi) is 4.76. The molecule has 2 aliphatic heterocycles. The van der Waals surface area contributed by atoms with Crippen LogP contribution in [-0.2, 0) is 9.47 Å². The molecule has 2 fully saturated rings. The molecule has 0 unspecified atom stereocenters. The van der Waals surface area contributed by atoms with Gasteiger partial charge in [-0.3, -0.25) is 0 Å². The predicted molar refractivity (Wildman–Crippen MR) is 115 cm³/mol. The fourth-order valence-electron chi connectivity index (χ4n) is 4.11. The van der Waals surface area contributed by atoms with Crippen LogP contribution in [0.2, 0.25) is 5.02 Å². The number of aliphatic hydroxyl groups excluding tert-OH is 1. The van der Waals surface area contributed by atoms with Crippen LogP contribution in [0.1, 0.15) is 0 Å². The monoisotopic (exact) mass is 451 g/mol. The van der Waals surface area contributed by atoms with Crippen LogP contribution in [0.3, 0.4) is 0 Å². The third kappa shape index (κ3) is 3.39. The number of imidazole rings is 1. The predicted octanol–water partition coefficient (Wildman–Crippen LogP) is 2.64. The summed E-state index contributed by atoms with van der Waals surface area (Å²) >= 11 is 6.52. The van der Waals surface area contributed by atoms with Crippen molar-refractivity contribution in [2.24, 2.45) is 0 Å². The van der Waals surface area contributed by atoms with Crippen molar-refractivity contribution in [3.8, 4) is 28.4 Å². The van der Waals surface area contributed by atoms with Gasteiger partial charge in [-0.15, -0.1) is 0 Å². The van der Waals surface area contributed by atoms with E-state index in [1.165, 1.54) is 6.33 Å². The highest BCUT2D eigenvalue weighted by atomic mass is 35.5. The van der Waals surface area contributed by atoms with E-state index in [4.69, 9.17) is 25.8 Å². The van der Waals surface area contributed by atoms with Crippen molar-refractivity contribution in [3.05, 3.63) is 54.1 Å². The van der Waals surface area contributed by atoms with E-state index in [9.17, 15) is 5.11 Å². The highest BCUT2D eigenvalue weighted by molar-refractivity contribution is 6.33. The molecule has 0 amide bonds. The van der Waals surface area contributed by atoms with Gasteiger partial charge in [-0.1, -0.05) is 35.9 Å². The minimum Gasteiger partial charge on any atom is -0.456 e. The standard InChI is InChI=1S/C22H18ClN5O4/c23-14-5-15-21(28-22(26-15)32-17-9-31-19-16(29)8-30-20(17)19)27-18(14)12-3-1-11(2-4-12)13-6-24-10-25-7-13/h1-7,10,16-17,19-20,29H,8-9H2,(H,26,27,28)/t16-,17-,19-,20-/m1/s1. The van der Waals surface area contributed by atoms with E-state index < -0.39 is 6.10 Å². The first-order valence-electron chi connectivity index (χ1n) is 10.2. The van der Waals surface area contributed by atoms with Crippen molar-refractivity contribution in [2.45, 2.75) is 24.4 Å². The fraction of sp³-hybridized carbons (Fsp3) is 0.273. The summed E-state index contributed by atoms with van der Waals surface area (Å²) in [6.07, 6.45) is 3.35. The number of benzene rings is 1. The minimum atomic E-state index is -0.631. The summed E-state index contributed by atoms with van der Waals surface area (Å²) in [6, 6.07) is 9.93. The molecule has 4 aromatic rings. The highest BCUT2D eigenvalue weighted by Gasteiger charge is 2.48. The van der Waals surface area contributed by atoms with Gasteiger partial charge in [0.2, 0.25) is 0 Å². The number of hydrogen-bond acceptors (Lipinski definition) is 8. The Morgan fingerprint density at radius 2 is 1.72 bits per heavy atom. The first kappa shape index (κ1) is 19.6. The average Bonchev–Trinajstić information content (AvgIpc) is 3.51. The van der Waals surface area contributed by atoms with Crippen LogP contribution in [0.5, 0.6) is 6.01 Å². The van der Waals surface area contributed by atoms with Gasteiger partial charge in [-0.05, 0) is 11.6 Å². The quantitative estimate of drug-likeness (QED) is 0.486. The van der Waals surface area contributed by atoms with Gasteiger partial charge in [0.05, 0.1) is 29.4 Å². The maximum atomic E-state index is 9.89. The second kappa shape index (κ2) is 7.79. The zero-order valence-corrected chi connectivity index (χ0v) is 17.4. The number of pyridine rings is 1. The number of aromatic amines is 1. The molecule has 6 rings (SSSR count). The second-order valence-electron chi connectivity index (χ2n) is 7.76. The van der Waals surface area contributed by atoms with Crippen molar-refractivity contribution in [2.75, 3.05) is 13.2 Å². The number of nitrogens with zero attached hydrogens (tertiary/aromatic N) is 4. The molecule has 10 heteroatoms. The average molecular weight is 452 g/mol. The number of ether oxygens (including phenoxy) is 3. The van der Waals surface area contributed by atoms with E-state index >= 15 is 0 Å². The lowest BCUT2D eigenvalue weighted by atomic mass is 10.0. The molecule has 9 nitrogen and oxygen atoms in total. The van der Waals surface area contributed by atoms with Crippen LogP contribution >= 0.6 is 11.6 Å². The van der Waals surface area contributed by atoms with Crippen molar-refractivity contribution < 1.29 is 19.3 Å². The minimum absolute atomic E-state index is 0.242. The zero-order valence-electron chi connectivity index (χ0n) is 16.7. The van der Waals surface area contributed by atoms with Gasteiger partial charge in [-0.2, -0.15) is 4.98 Å². The molecule has 0 saturated carbocycles. The molecule has 2 saturated heterocycles. The Bertz CT molecular complexity index is 1270. The smallest absolute Gasteiger partial charge is 0.296 e. The van der Waals surface area contributed by atoms with Crippen molar-refractivity contribution >= 4 is 22.8 Å². The van der Waals surface area contributed by atoms with E-state index in [0.717, 1.165) is 16.7 Å². The molecule has 5 heterocycles. The molecule has 3 aromatic heterocycles. The van der Waals surface area contributed by atoms with E-state index in [-0.39, 0.29) is 24.9 Å². The summed E-state index contributed by atoms with van der Waals surface area (Å²) in [5.41, 5.74) is 4.57. The maximum Gasteiger partial charge on any atom is 0.296 e. The topological polar surface area (TPSA) is 115 Å². The number of aromatic nitrogens is 5. The summed E-state index contributed by atoms with van der Waals surface area (Å²) < 4.78 is 17.1. The first-order valence-corrected chi connectivity index (χ1v) is 10.5. The molecule has 0 bridgehead atoms. The number of hydrogen-bond donors (Lipinski definition) is 2. The number of halogens is 1. The number of fused-ring (bicyclic) bond motifs is 2. The number of H-pyrrole nitrogens is 1. The fourth-order valence-corrected chi connectivity index (χ4v) is 4.37. The number of rotatable bonds is 4. The molecule has 0 spiro atoms. The Hall–Kier alpha value is -3.11. The van der Waals surface area contributed by atoms with Gasteiger partial charge in [0.15, 0.2) is 11.8 Å². The molecule has 0 radical (unpaired) electrons. The van der Waals surface area contributed by atoms with Gasteiger partial charge < -0.3 is 24.3 Å². The first-order chi connectivity index (χ1) is 15.7. The Labute approximate surface area is 187 Å². The lowest BCUT2D eigenvalue weighted by molar-refractivity contribution is 0.00706. The molecule has 162 valence electrons. The maximum absolute atomic E-state index is 9.89. The van der Waals surface area contributed by atoms with Crippen LogP contribution in [0, 0.1) is 0 Å². The van der Waals surface area contributed by atoms with Crippen molar-refractivity contribution in [1.82, 2.24) is 24.9 Å². The van der Waals surface area contributed by atoms with Gasteiger partial charge in [-0.25, -0.2) is 15.0 Å². The lowest BCUT2D eigenvalue weighted by Crippen LogP contribution is -2.34. The van der Waals surface area contributed by atoms with Crippen LogP contribution in [0.4, 0.5) is 0 Å². The second-order valence-corrected chi connectivity index (χ2v) is 8.16. The summed E-state index contributed by atoms with van der Waals surface area (Å²) in [7, 11) is 0. The largest absolute Gasteiger partial charge is 0.456 e. The van der Waals surface area contributed by atoms with Crippen molar-refractivity contribution in [3.63, 3.8) is 0 Å². The van der Waals surface area contributed by atoms with Gasteiger partial charge in [0.25, 0.3) is 6.01 Å². The highest BCUT2D eigenvalue weighted by Crippen LogP contribution is 2.32. The summed E-state index contributed by atoms with van der Waals surface area (Å²) in [5, 5.41) is 10.4. The lowest BCUT2D eigenvalue weighted by Gasteiger charge is -2.15. The van der Waals surface area contributed by atoms with E-state index in [1.54, 1.807) is 18.5 Å². The van der Waals surface area contributed by atoms with Gasteiger partial charge in [0.1, 0.15) is 24.6 Å². The van der Waals surface area contributed by atoms with Crippen LogP contribution in [0.15, 0.2) is 49.1 Å². The normalized spacial score (nSPS) is 24.7. The Morgan fingerprint density at radius 3 is 2.53 bits per heavy atom. The van der Waals surface area contributed by atoms with Crippen LogP contribution in [0.25, 0.3) is 33.5 Å². The SMILES string of the molecule is O[C@@H]1CO[C@H]2[C@@H]1OC[C@H]2Oc1nc2nc(-c3ccc(-c4cncnc4)cc3)c(Cl)cc2[nH]1. The van der Waals surface area contributed by atoms with Crippen LogP contribution < -0.4 is 4.74 Å². The molecule has 4 atom stereocenters. The van der Waals surface area contributed by atoms with E-state index in [2.05, 4.69) is 24.9 Å². The molecule has 0 aliphatic carbocycles. The summed E-state index contributed by atoms with van der Waals surface area (Å²) in [4.78, 5) is 20.3.